The molecular weight excluding hydrogens is 256 g/mol. The maximum absolute atomic E-state index is 12.2. The SMILES string of the molecule is CN(C)[C@H]1CCN(S(=O)(=O)c2cn[nH]c2)C[C@@H]1O. The number of rotatable bonds is 3. The van der Waals surface area contributed by atoms with E-state index in [1.54, 1.807) is 0 Å². The summed E-state index contributed by atoms with van der Waals surface area (Å²) >= 11 is 0. The molecule has 2 heterocycles. The number of nitrogens with one attached hydrogen (secondary N) is 1. The number of aliphatic hydroxyl groups is 1. The predicted octanol–water partition coefficient (Wildman–Crippen LogP) is -0.905. The van der Waals surface area contributed by atoms with Gasteiger partial charge in [0.25, 0.3) is 0 Å². The summed E-state index contributed by atoms with van der Waals surface area (Å²) in [6, 6.07) is 0.000741. The molecule has 0 saturated carbocycles. The first-order chi connectivity index (χ1) is 8.43. The lowest BCUT2D eigenvalue weighted by Gasteiger charge is -2.38. The smallest absolute Gasteiger partial charge is 0.246 e. The molecule has 18 heavy (non-hydrogen) atoms. The Labute approximate surface area is 106 Å². The fourth-order valence-electron chi connectivity index (χ4n) is 2.24. The molecule has 1 aliphatic heterocycles. The van der Waals surface area contributed by atoms with Crippen molar-refractivity contribution in [3.8, 4) is 0 Å². The summed E-state index contributed by atoms with van der Waals surface area (Å²) in [4.78, 5) is 2.06. The Morgan fingerprint density at radius 1 is 1.56 bits per heavy atom. The number of piperidine rings is 1. The molecule has 0 bridgehead atoms. The fourth-order valence-corrected chi connectivity index (χ4v) is 3.62. The van der Waals surface area contributed by atoms with Crippen LogP contribution in [0.25, 0.3) is 0 Å². The molecule has 0 radical (unpaired) electrons. The van der Waals surface area contributed by atoms with Gasteiger partial charge in [0.15, 0.2) is 0 Å². The first-order valence-electron chi connectivity index (χ1n) is 5.76. The Balaban J connectivity index is 2.14. The Hall–Kier alpha value is -0.960. The van der Waals surface area contributed by atoms with E-state index in [0.29, 0.717) is 13.0 Å². The third-order valence-corrected chi connectivity index (χ3v) is 5.11. The number of sulfonamides is 1. The summed E-state index contributed by atoms with van der Waals surface area (Å²) in [6.07, 6.45) is 2.57. The van der Waals surface area contributed by atoms with E-state index in [4.69, 9.17) is 0 Å². The molecule has 0 amide bonds. The quantitative estimate of drug-likeness (QED) is 0.745. The van der Waals surface area contributed by atoms with Gasteiger partial charge in [0.2, 0.25) is 10.0 Å². The van der Waals surface area contributed by atoms with E-state index in [2.05, 4.69) is 10.2 Å². The van der Waals surface area contributed by atoms with Gasteiger partial charge in [-0.2, -0.15) is 9.40 Å². The first-order valence-corrected chi connectivity index (χ1v) is 7.20. The molecular formula is C10H18N4O3S. The highest BCUT2D eigenvalue weighted by Crippen LogP contribution is 2.21. The fraction of sp³-hybridized carbons (Fsp3) is 0.700. The summed E-state index contributed by atoms with van der Waals surface area (Å²) in [5.74, 6) is 0. The molecule has 0 unspecified atom stereocenters. The number of β-amino-alcohol motifs (C(OH)–C–C–N with tert-alkyl or cyclic N) is 1. The second-order valence-electron chi connectivity index (χ2n) is 4.68. The number of hydrogen-bond acceptors (Lipinski definition) is 5. The van der Waals surface area contributed by atoms with Crippen molar-refractivity contribution < 1.29 is 13.5 Å². The Morgan fingerprint density at radius 2 is 2.28 bits per heavy atom. The van der Waals surface area contributed by atoms with Crippen molar-refractivity contribution in [2.75, 3.05) is 27.2 Å². The average molecular weight is 274 g/mol. The Kier molecular flexibility index (Phi) is 3.71. The summed E-state index contributed by atoms with van der Waals surface area (Å²) in [7, 11) is 0.226. The molecule has 0 aromatic carbocycles. The lowest BCUT2D eigenvalue weighted by atomic mass is 10.0. The van der Waals surface area contributed by atoms with Crippen molar-refractivity contribution in [2.24, 2.45) is 0 Å². The van der Waals surface area contributed by atoms with E-state index in [-0.39, 0.29) is 17.5 Å². The number of H-pyrrole nitrogens is 1. The number of aliphatic hydroxyl groups excluding tert-OH is 1. The zero-order valence-corrected chi connectivity index (χ0v) is 11.3. The molecule has 1 saturated heterocycles. The minimum absolute atomic E-state index is 0.000741. The number of nitrogens with zero attached hydrogens (tertiary/aromatic N) is 3. The zero-order chi connectivity index (χ0) is 13.3. The molecule has 2 N–H and O–H groups in total. The van der Waals surface area contributed by atoms with E-state index in [0.717, 1.165) is 0 Å². The maximum Gasteiger partial charge on any atom is 0.246 e. The van der Waals surface area contributed by atoms with Gasteiger partial charge in [-0.3, -0.25) is 5.10 Å². The normalized spacial score (nSPS) is 26.7. The van der Waals surface area contributed by atoms with E-state index in [1.807, 2.05) is 19.0 Å². The minimum Gasteiger partial charge on any atom is -0.390 e. The van der Waals surface area contributed by atoms with E-state index in [1.165, 1.54) is 16.7 Å². The van der Waals surface area contributed by atoms with Crippen LogP contribution < -0.4 is 0 Å². The average Bonchev–Trinajstić information content (AvgIpc) is 2.82. The standard InChI is InChI=1S/C10H18N4O3S/c1-13(2)9-3-4-14(7-10(9)15)18(16,17)8-5-11-12-6-8/h5-6,9-10,15H,3-4,7H2,1-2H3,(H,11,12)/t9-,10-/m0/s1. The molecule has 7 nitrogen and oxygen atoms in total. The third kappa shape index (κ3) is 2.41. The van der Waals surface area contributed by atoms with Crippen molar-refractivity contribution in [3.05, 3.63) is 12.4 Å². The molecule has 1 aromatic heterocycles. The van der Waals surface area contributed by atoms with Gasteiger partial charge in [-0.25, -0.2) is 8.42 Å². The monoisotopic (exact) mass is 274 g/mol. The van der Waals surface area contributed by atoms with Gasteiger partial charge in [0.1, 0.15) is 4.90 Å². The summed E-state index contributed by atoms with van der Waals surface area (Å²) in [5.41, 5.74) is 0. The Morgan fingerprint density at radius 3 is 2.78 bits per heavy atom. The minimum atomic E-state index is -3.54. The van der Waals surface area contributed by atoms with E-state index >= 15 is 0 Å². The largest absolute Gasteiger partial charge is 0.390 e. The van der Waals surface area contributed by atoms with Crippen molar-refractivity contribution in [3.63, 3.8) is 0 Å². The second kappa shape index (κ2) is 4.96. The summed E-state index contributed by atoms with van der Waals surface area (Å²) < 4.78 is 25.7. The molecule has 1 fully saturated rings. The van der Waals surface area contributed by atoms with Crippen LogP contribution in [0.15, 0.2) is 17.3 Å². The topological polar surface area (TPSA) is 89.5 Å². The van der Waals surface area contributed by atoms with E-state index < -0.39 is 16.1 Å². The molecule has 102 valence electrons. The first kappa shape index (κ1) is 13.5. The van der Waals surface area contributed by atoms with Gasteiger partial charge >= 0.3 is 0 Å². The number of likely N-dealkylation sites (N-methyl/N-ethyl adjacent to an activating group) is 1. The highest BCUT2D eigenvalue weighted by Gasteiger charge is 2.35. The summed E-state index contributed by atoms with van der Waals surface area (Å²) in [5, 5.41) is 16.1. The van der Waals surface area contributed by atoms with Crippen LogP contribution in [0.3, 0.4) is 0 Å². The highest BCUT2D eigenvalue weighted by molar-refractivity contribution is 7.89. The zero-order valence-electron chi connectivity index (χ0n) is 10.4. The van der Waals surface area contributed by atoms with Crippen LogP contribution >= 0.6 is 0 Å². The van der Waals surface area contributed by atoms with Crippen LogP contribution in [-0.4, -0.2) is 72.3 Å². The number of aromatic amines is 1. The molecule has 2 atom stereocenters. The molecule has 1 aliphatic rings. The third-order valence-electron chi connectivity index (χ3n) is 3.28. The number of aromatic nitrogens is 2. The molecule has 0 aliphatic carbocycles. The molecule has 1 aromatic rings. The van der Waals surface area contributed by atoms with Gasteiger partial charge in [-0.05, 0) is 20.5 Å². The maximum atomic E-state index is 12.2. The van der Waals surface area contributed by atoms with Crippen molar-refractivity contribution >= 4 is 10.0 Å². The van der Waals surface area contributed by atoms with Crippen molar-refractivity contribution in [1.29, 1.82) is 0 Å². The lowest BCUT2D eigenvalue weighted by Crippen LogP contribution is -2.53. The molecule has 8 heteroatoms. The van der Waals surface area contributed by atoms with Crippen LogP contribution in [0.2, 0.25) is 0 Å². The summed E-state index contributed by atoms with van der Waals surface area (Å²) in [6.45, 7) is 0.532. The van der Waals surface area contributed by atoms with Gasteiger partial charge in [-0.15, -0.1) is 0 Å². The van der Waals surface area contributed by atoms with Crippen LogP contribution in [0.5, 0.6) is 0 Å². The molecule has 0 spiro atoms. The van der Waals surface area contributed by atoms with Gasteiger partial charge in [0, 0.05) is 25.3 Å². The van der Waals surface area contributed by atoms with Crippen LogP contribution in [-0.2, 0) is 10.0 Å². The number of hydrogen-bond donors (Lipinski definition) is 2. The molecule has 2 rings (SSSR count). The van der Waals surface area contributed by atoms with Gasteiger partial charge in [-0.1, -0.05) is 0 Å². The van der Waals surface area contributed by atoms with Crippen molar-refractivity contribution in [1.82, 2.24) is 19.4 Å². The van der Waals surface area contributed by atoms with Crippen LogP contribution in [0.1, 0.15) is 6.42 Å². The Bertz CT molecular complexity index is 485. The highest BCUT2D eigenvalue weighted by atomic mass is 32.2. The lowest BCUT2D eigenvalue weighted by molar-refractivity contribution is 0.0291. The van der Waals surface area contributed by atoms with Gasteiger partial charge < -0.3 is 10.0 Å². The van der Waals surface area contributed by atoms with Gasteiger partial charge in [0.05, 0.1) is 12.3 Å². The van der Waals surface area contributed by atoms with E-state index in [9.17, 15) is 13.5 Å². The van der Waals surface area contributed by atoms with Crippen LogP contribution in [0.4, 0.5) is 0 Å². The second-order valence-corrected chi connectivity index (χ2v) is 6.62. The predicted molar refractivity (Wildman–Crippen MR) is 65.4 cm³/mol. The van der Waals surface area contributed by atoms with Crippen molar-refractivity contribution in [2.45, 2.75) is 23.5 Å². The van der Waals surface area contributed by atoms with Crippen LogP contribution in [0, 0.1) is 0 Å².